The average Bonchev–Trinajstić information content (AvgIpc) is 3.08. The van der Waals surface area contributed by atoms with E-state index in [-0.39, 0.29) is 11.9 Å². The lowest BCUT2D eigenvalue weighted by Gasteiger charge is -2.33. The normalized spacial score (nSPS) is 18.4. The van der Waals surface area contributed by atoms with E-state index in [0.717, 1.165) is 28.1 Å². The number of amides is 3. The van der Waals surface area contributed by atoms with Crippen molar-refractivity contribution in [2.45, 2.75) is 33.2 Å². The lowest BCUT2D eigenvalue weighted by atomic mass is 9.90. The van der Waals surface area contributed by atoms with Crippen molar-refractivity contribution in [1.82, 2.24) is 20.1 Å². The third-order valence-corrected chi connectivity index (χ3v) is 6.17. The number of carbonyl (C=O) groups is 2. The lowest BCUT2D eigenvalue weighted by molar-refractivity contribution is -0.125. The van der Waals surface area contributed by atoms with E-state index in [0.29, 0.717) is 31.6 Å². The zero-order valence-electron chi connectivity index (χ0n) is 18.3. The summed E-state index contributed by atoms with van der Waals surface area (Å²) in [5.41, 5.74) is 6.76. The first-order valence-corrected chi connectivity index (χ1v) is 10.6. The maximum Gasteiger partial charge on any atom is 0.322 e. The number of hydrogen-bond acceptors (Lipinski definition) is 3. The van der Waals surface area contributed by atoms with Crippen molar-refractivity contribution in [2.24, 2.45) is 0 Å². The highest BCUT2D eigenvalue weighted by Gasteiger charge is 2.43. The molecule has 6 nitrogen and oxygen atoms in total. The molecule has 0 bridgehead atoms. The lowest BCUT2D eigenvalue weighted by Crippen LogP contribution is -2.47. The molecule has 160 valence electrons. The maximum absolute atomic E-state index is 13.5. The number of benzene rings is 1. The molecule has 0 unspecified atom stereocenters. The number of carbonyl (C=O) groups excluding carboxylic acids is 2. The Bertz CT molecular complexity index is 1070. The van der Waals surface area contributed by atoms with Crippen molar-refractivity contribution >= 4 is 11.9 Å². The third kappa shape index (κ3) is 3.85. The van der Waals surface area contributed by atoms with Crippen LogP contribution in [-0.2, 0) is 11.2 Å². The molecule has 0 radical (unpaired) electrons. The summed E-state index contributed by atoms with van der Waals surface area (Å²) < 4.78 is 0. The van der Waals surface area contributed by atoms with Crippen LogP contribution in [0.4, 0.5) is 4.79 Å². The first-order chi connectivity index (χ1) is 14.9. The Kier molecular flexibility index (Phi) is 5.63. The summed E-state index contributed by atoms with van der Waals surface area (Å²) in [6.07, 6.45) is 4.12. The molecule has 0 spiro atoms. The Morgan fingerprint density at radius 2 is 1.94 bits per heavy atom. The molecule has 3 amide bonds. The van der Waals surface area contributed by atoms with Gasteiger partial charge in [0.2, 0.25) is 0 Å². The smallest absolute Gasteiger partial charge is 0.322 e. The number of rotatable bonds is 6. The van der Waals surface area contributed by atoms with Gasteiger partial charge in [0.25, 0.3) is 5.91 Å². The van der Waals surface area contributed by atoms with Crippen molar-refractivity contribution < 1.29 is 9.59 Å². The second-order valence-electron chi connectivity index (χ2n) is 8.23. The van der Waals surface area contributed by atoms with Gasteiger partial charge in [0, 0.05) is 31.4 Å². The molecule has 0 aliphatic carbocycles. The molecule has 1 aromatic heterocycles. The molecule has 31 heavy (non-hydrogen) atoms. The Hall–Kier alpha value is -3.41. The minimum atomic E-state index is -0.449. The molecule has 1 aromatic carbocycles. The standard InChI is InChI=1S/C25H28N4O2/c1-5-11-29-21-15-28(12-9-19-8-6-7-10-26-19)24(30)22(21)23(27-25(29)31)20-14-17(3)16(2)13-18(20)4/h5-8,10,13-14,23H,1,9,11-12,15H2,2-4H3,(H,27,31)/t23-/m0/s1. The summed E-state index contributed by atoms with van der Waals surface area (Å²) in [6.45, 7) is 11.3. The van der Waals surface area contributed by atoms with E-state index in [4.69, 9.17) is 0 Å². The van der Waals surface area contributed by atoms with E-state index in [2.05, 4.69) is 42.9 Å². The summed E-state index contributed by atoms with van der Waals surface area (Å²) in [4.78, 5) is 34.3. The van der Waals surface area contributed by atoms with Crippen LogP contribution >= 0.6 is 0 Å². The first kappa shape index (κ1) is 20.8. The largest absolute Gasteiger partial charge is 0.333 e. The fraction of sp³-hybridized carbons (Fsp3) is 0.320. The number of pyridine rings is 1. The molecule has 6 heteroatoms. The van der Waals surface area contributed by atoms with Gasteiger partial charge in [0.1, 0.15) is 0 Å². The molecule has 1 N–H and O–H groups in total. The predicted octanol–water partition coefficient (Wildman–Crippen LogP) is 3.60. The highest BCUT2D eigenvalue weighted by atomic mass is 16.2. The summed E-state index contributed by atoms with van der Waals surface area (Å²) in [7, 11) is 0. The average molecular weight is 417 g/mol. The zero-order chi connectivity index (χ0) is 22.1. The van der Waals surface area contributed by atoms with E-state index >= 15 is 0 Å². The minimum absolute atomic E-state index is 0.0254. The van der Waals surface area contributed by atoms with E-state index in [1.54, 1.807) is 17.2 Å². The van der Waals surface area contributed by atoms with Crippen LogP contribution in [0.15, 0.2) is 60.5 Å². The molecule has 2 aliphatic heterocycles. The van der Waals surface area contributed by atoms with E-state index in [9.17, 15) is 9.59 Å². The highest BCUT2D eigenvalue weighted by molar-refractivity contribution is 6.01. The van der Waals surface area contributed by atoms with Crippen molar-refractivity contribution in [3.05, 3.63) is 88.4 Å². The Labute approximate surface area is 183 Å². The summed E-state index contributed by atoms with van der Waals surface area (Å²) in [5, 5.41) is 3.07. The zero-order valence-corrected chi connectivity index (χ0v) is 18.3. The molecule has 0 fully saturated rings. The van der Waals surface area contributed by atoms with Gasteiger partial charge < -0.3 is 10.2 Å². The van der Waals surface area contributed by atoms with Crippen LogP contribution in [0.2, 0.25) is 0 Å². The number of aryl methyl sites for hydroxylation is 3. The van der Waals surface area contributed by atoms with Crippen molar-refractivity contribution in [3.63, 3.8) is 0 Å². The predicted molar refractivity (Wildman–Crippen MR) is 120 cm³/mol. The molecule has 0 saturated carbocycles. The summed E-state index contributed by atoms with van der Waals surface area (Å²) in [5.74, 6) is -0.0254. The molecule has 3 heterocycles. The van der Waals surface area contributed by atoms with Crippen LogP contribution in [0.25, 0.3) is 0 Å². The number of nitrogens with zero attached hydrogens (tertiary/aromatic N) is 3. The number of urea groups is 1. The maximum atomic E-state index is 13.5. The third-order valence-electron chi connectivity index (χ3n) is 6.17. The molecule has 0 saturated heterocycles. The van der Waals surface area contributed by atoms with Gasteiger partial charge in [-0.2, -0.15) is 0 Å². The molecule has 2 aromatic rings. The van der Waals surface area contributed by atoms with Gasteiger partial charge >= 0.3 is 6.03 Å². The van der Waals surface area contributed by atoms with Crippen LogP contribution in [0.1, 0.15) is 34.0 Å². The fourth-order valence-corrected chi connectivity index (χ4v) is 4.37. The Morgan fingerprint density at radius 3 is 2.65 bits per heavy atom. The second kappa shape index (κ2) is 8.38. The van der Waals surface area contributed by atoms with Crippen molar-refractivity contribution in [2.75, 3.05) is 19.6 Å². The Morgan fingerprint density at radius 1 is 1.16 bits per heavy atom. The van der Waals surface area contributed by atoms with Crippen LogP contribution in [0.3, 0.4) is 0 Å². The second-order valence-corrected chi connectivity index (χ2v) is 8.23. The van der Waals surface area contributed by atoms with Gasteiger partial charge in [-0.05, 0) is 55.2 Å². The first-order valence-electron chi connectivity index (χ1n) is 10.6. The Balaban J connectivity index is 1.69. The number of aromatic nitrogens is 1. The van der Waals surface area contributed by atoms with Gasteiger partial charge in [-0.1, -0.05) is 24.3 Å². The van der Waals surface area contributed by atoms with Gasteiger partial charge in [0.15, 0.2) is 0 Å². The van der Waals surface area contributed by atoms with E-state index < -0.39 is 6.04 Å². The topological polar surface area (TPSA) is 65.5 Å². The van der Waals surface area contributed by atoms with Crippen LogP contribution in [0, 0.1) is 20.8 Å². The van der Waals surface area contributed by atoms with Crippen LogP contribution < -0.4 is 5.32 Å². The summed E-state index contributed by atoms with van der Waals surface area (Å²) >= 11 is 0. The van der Waals surface area contributed by atoms with Gasteiger partial charge in [0.05, 0.1) is 23.9 Å². The fourth-order valence-electron chi connectivity index (χ4n) is 4.37. The van der Waals surface area contributed by atoms with Crippen LogP contribution in [0.5, 0.6) is 0 Å². The summed E-state index contributed by atoms with van der Waals surface area (Å²) in [6, 6.07) is 9.36. The quantitative estimate of drug-likeness (QED) is 0.732. The van der Waals surface area contributed by atoms with Crippen molar-refractivity contribution in [3.8, 4) is 0 Å². The molecule has 4 rings (SSSR count). The molecular formula is C25H28N4O2. The minimum Gasteiger partial charge on any atom is -0.333 e. The van der Waals surface area contributed by atoms with Crippen molar-refractivity contribution in [1.29, 1.82) is 0 Å². The van der Waals surface area contributed by atoms with E-state index in [1.807, 2.05) is 30.0 Å². The monoisotopic (exact) mass is 416 g/mol. The van der Waals surface area contributed by atoms with Gasteiger partial charge in [-0.25, -0.2) is 4.79 Å². The SMILES string of the molecule is C=CCN1C(=O)N[C@@H](c2cc(C)c(C)cc2C)C2=C1CN(CCc1ccccn1)C2=O. The van der Waals surface area contributed by atoms with Gasteiger partial charge in [-0.15, -0.1) is 6.58 Å². The number of nitrogens with one attached hydrogen (secondary N) is 1. The molecule has 1 atom stereocenters. The van der Waals surface area contributed by atoms with Crippen LogP contribution in [-0.4, -0.2) is 46.4 Å². The number of hydrogen-bond donors (Lipinski definition) is 1. The molecule has 2 aliphatic rings. The van der Waals surface area contributed by atoms with Gasteiger partial charge in [-0.3, -0.25) is 14.7 Å². The molecular weight excluding hydrogens is 388 g/mol. The van der Waals surface area contributed by atoms with E-state index in [1.165, 1.54) is 5.56 Å². The highest BCUT2D eigenvalue weighted by Crippen LogP contribution is 2.38.